The number of esters is 3. The fourth-order valence-electron chi connectivity index (χ4n) is 15.9. The van der Waals surface area contributed by atoms with Crippen molar-refractivity contribution in [3.8, 4) is 0 Å². The van der Waals surface area contributed by atoms with Crippen molar-refractivity contribution in [3.63, 3.8) is 0 Å². The third kappa shape index (κ3) is 9.35. The highest BCUT2D eigenvalue weighted by Crippen LogP contribution is 2.76. The summed E-state index contributed by atoms with van der Waals surface area (Å²) in [6.07, 6.45) is -16.1. The predicted octanol–water partition coefficient (Wildman–Crippen LogP) is 2.03. The van der Waals surface area contributed by atoms with E-state index >= 15 is 0 Å². The van der Waals surface area contributed by atoms with Crippen LogP contribution in [-0.4, -0.2) is 182 Å². The number of rotatable bonds is 11. The second-order valence-corrected chi connectivity index (χ2v) is 24.9. The third-order valence-electron chi connectivity index (χ3n) is 20.2. The maximum Gasteiger partial charge on any atom is 0.335 e. The molecular formula is C53H82O21. The van der Waals surface area contributed by atoms with Gasteiger partial charge in [0.05, 0.1) is 37.6 Å². The molecule has 420 valence electrons. The topological polar surface area (TPSA) is 313 Å². The van der Waals surface area contributed by atoms with Gasteiger partial charge in [-0.15, -0.1) is 0 Å². The number of ether oxygens (including phenoxy) is 9. The molecule has 0 radical (unpaired) electrons. The smallest absolute Gasteiger partial charge is 0.335 e. The molecule has 74 heavy (non-hydrogen) atoms. The SMILES string of the molecule is CC(=O)OC1C(C)OC(OC2C(O)C3(C)CCC4(C)C(=CCC5C6(C)CCC(OC7OC(C(=O)O)C(O)C(O)C7OC7OCC(O)C(O)C7O)C(C)(C)C6CCC54C)C3CC2(C)CO)C(OC(C)=O)C1OC(C)=O. The molecule has 0 aromatic rings. The molecule has 25 atom stereocenters. The molecule has 0 aromatic heterocycles. The summed E-state index contributed by atoms with van der Waals surface area (Å²) in [6, 6.07) is 0. The number of carboxylic acids is 1. The summed E-state index contributed by atoms with van der Waals surface area (Å²) in [5.41, 5.74) is -1.86. The summed E-state index contributed by atoms with van der Waals surface area (Å²) < 4.78 is 53.8. The highest BCUT2D eigenvalue weighted by Gasteiger charge is 2.71. The Balaban J connectivity index is 1.04. The Labute approximate surface area is 432 Å². The van der Waals surface area contributed by atoms with Gasteiger partial charge in [0.2, 0.25) is 0 Å². The number of carboxylic acid groups (broad SMARTS) is 1. The van der Waals surface area contributed by atoms with Crippen LogP contribution in [0.15, 0.2) is 11.6 Å². The van der Waals surface area contributed by atoms with Crippen molar-refractivity contribution in [2.75, 3.05) is 13.2 Å². The van der Waals surface area contributed by atoms with Crippen molar-refractivity contribution in [1.82, 2.24) is 0 Å². The molecular weight excluding hydrogens is 973 g/mol. The molecule has 0 bridgehead atoms. The van der Waals surface area contributed by atoms with E-state index < -0.39 is 151 Å². The van der Waals surface area contributed by atoms with E-state index in [1.807, 2.05) is 6.92 Å². The van der Waals surface area contributed by atoms with Crippen LogP contribution in [0.1, 0.15) is 128 Å². The summed E-state index contributed by atoms with van der Waals surface area (Å²) in [6.45, 7) is 19.7. The lowest BCUT2D eigenvalue weighted by Crippen LogP contribution is -2.69. The van der Waals surface area contributed by atoms with E-state index in [1.54, 1.807) is 6.92 Å². The van der Waals surface area contributed by atoms with Crippen molar-refractivity contribution >= 4 is 23.9 Å². The van der Waals surface area contributed by atoms with Crippen LogP contribution in [-0.2, 0) is 61.8 Å². The summed E-state index contributed by atoms with van der Waals surface area (Å²) in [7, 11) is 0. The number of fused-ring (bicyclic) bond motifs is 7. The first-order chi connectivity index (χ1) is 34.4. The fourth-order valence-corrected chi connectivity index (χ4v) is 15.9. The van der Waals surface area contributed by atoms with Crippen molar-refractivity contribution in [1.29, 1.82) is 0 Å². The molecule has 3 heterocycles. The maximum atomic E-state index is 12.8. The highest BCUT2D eigenvalue weighted by atomic mass is 16.8. The Hall–Kier alpha value is -2.90. The lowest BCUT2D eigenvalue weighted by atomic mass is 9.33. The average Bonchev–Trinajstić information content (AvgIpc) is 3.31. The second-order valence-electron chi connectivity index (χ2n) is 24.9. The molecule has 8 aliphatic rings. The minimum atomic E-state index is -1.94. The van der Waals surface area contributed by atoms with Gasteiger partial charge in [-0.25, -0.2) is 4.79 Å². The van der Waals surface area contributed by atoms with Gasteiger partial charge in [-0.3, -0.25) is 14.4 Å². The summed E-state index contributed by atoms with van der Waals surface area (Å²) in [5.74, 6) is -3.53. The fraction of sp³-hybridized carbons (Fsp3) is 0.887. The third-order valence-corrected chi connectivity index (χ3v) is 20.2. The molecule has 5 aliphatic carbocycles. The van der Waals surface area contributed by atoms with Gasteiger partial charge in [0, 0.05) is 31.6 Å². The number of carbonyl (C=O) groups excluding carboxylic acids is 3. The maximum absolute atomic E-state index is 12.8. The number of aliphatic carboxylic acids is 1. The number of carbonyl (C=O) groups is 4. The summed E-state index contributed by atoms with van der Waals surface area (Å²) >= 11 is 0. The standard InChI is InChI=1S/C53H82O21/c1-23-37(68-24(2)55)40(69-25(3)56)41(70-26(4)57)47(67-23)74-43-42(63)50(8)18-19-52(10)27(28(50)20-49(43,7)22-54)12-13-31-51(9)16-15-32(48(5,6)30(51)14-17-53(31,52)11)71-46-39(35(61)34(60)38(72-46)44(64)65)73-45-36(62)33(59)29(58)21-66-45/h12,23,28-43,45-47,54,58-63H,13-22H2,1-11H3,(H,64,65). The van der Waals surface area contributed by atoms with Gasteiger partial charge in [-0.05, 0) is 97.7 Å². The van der Waals surface area contributed by atoms with Crippen LogP contribution in [0.5, 0.6) is 0 Å². The molecule has 0 amide bonds. The van der Waals surface area contributed by atoms with E-state index in [-0.39, 0.29) is 40.6 Å². The van der Waals surface area contributed by atoms with Gasteiger partial charge < -0.3 is 83.5 Å². The van der Waals surface area contributed by atoms with Crippen LogP contribution in [0.4, 0.5) is 0 Å². The van der Waals surface area contributed by atoms with Crippen LogP contribution >= 0.6 is 0 Å². The minimum absolute atomic E-state index is 0.0884. The van der Waals surface area contributed by atoms with Crippen molar-refractivity contribution in [2.24, 2.45) is 50.2 Å². The first-order valence-corrected chi connectivity index (χ1v) is 26.4. The summed E-state index contributed by atoms with van der Waals surface area (Å²) in [5, 5.41) is 87.5. The number of allylic oxidation sites excluding steroid dienone is 2. The molecule has 3 saturated heterocycles. The van der Waals surface area contributed by atoms with Crippen LogP contribution in [0.25, 0.3) is 0 Å². The second kappa shape index (κ2) is 20.4. The zero-order valence-electron chi connectivity index (χ0n) is 44.6. The zero-order valence-corrected chi connectivity index (χ0v) is 44.6. The molecule has 25 unspecified atom stereocenters. The Bertz CT molecular complexity index is 2150. The molecule has 0 aromatic carbocycles. The molecule has 21 heteroatoms. The molecule has 4 saturated carbocycles. The largest absolute Gasteiger partial charge is 0.479 e. The van der Waals surface area contributed by atoms with E-state index in [4.69, 9.17) is 42.6 Å². The van der Waals surface area contributed by atoms with Gasteiger partial charge in [0.25, 0.3) is 0 Å². The van der Waals surface area contributed by atoms with E-state index in [2.05, 4.69) is 47.6 Å². The van der Waals surface area contributed by atoms with Crippen LogP contribution in [0.3, 0.4) is 0 Å². The monoisotopic (exact) mass is 1050 g/mol. The Morgan fingerprint density at radius 3 is 1.91 bits per heavy atom. The number of hydrogen-bond donors (Lipinski definition) is 8. The van der Waals surface area contributed by atoms with Crippen molar-refractivity contribution < 1.29 is 103 Å². The van der Waals surface area contributed by atoms with E-state index in [0.29, 0.717) is 19.3 Å². The Morgan fingerprint density at radius 2 is 1.28 bits per heavy atom. The quantitative estimate of drug-likeness (QED) is 0.0635. The normalized spacial score (nSPS) is 50.9. The predicted molar refractivity (Wildman–Crippen MR) is 255 cm³/mol. The molecule has 21 nitrogen and oxygen atoms in total. The first kappa shape index (κ1) is 57.3. The minimum Gasteiger partial charge on any atom is -0.479 e. The van der Waals surface area contributed by atoms with Gasteiger partial charge in [0.1, 0.15) is 36.6 Å². The number of hydrogen-bond acceptors (Lipinski definition) is 20. The lowest BCUT2D eigenvalue weighted by Gasteiger charge is -2.72. The number of aliphatic hydroxyl groups is 7. The van der Waals surface area contributed by atoms with Crippen molar-refractivity contribution in [3.05, 3.63) is 11.6 Å². The molecule has 7 fully saturated rings. The molecule has 8 N–H and O–H groups in total. The summed E-state index contributed by atoms with van der Waals surface area (Å²) in [4.78, 5) is 49.5. The van der Waals surface area contributed by atoms with Crippen LogP contribution < -0.4 is 0 Å². The first-order valence-electron chi connectivity index (χ1n) is 26.4. The van der Waals surface area contributed by atoms with E-state index in [9.17, 15) is 60.0 Å². The van der Waals surface area contributed by atoms with Crippen LogP contribution in [0.2, 0.25) is 0 Å². The van der Waals surface area contributed by atoms with E-state index in [0.717, 1.165) is 32.1 Å². The lowest BCUT2D eigenvalue weighted by molar-refractivity contribution is -0.366. The Morgan fingerprint density at radius 1 is 0.662 bits per heavy atom. The average molecular weight is 1060 g/mol. The zero-order chi connectivity index (χ0) is 54.6. The molecule has 3 aliphatic heterocycles. The van der Waals surface area contributed by atoms with Gasteiger partial charge in [-0.2, -0.15) is 0 Å². The molecule has 8 rings (SSSR count). The van der Waals surface area contributed by atoms with E-state index in [1.165, 1.54) is 26.3 Å². The van der Waals surface area contributed by atoms with Gasteiger partial charge in [-0.1, -0.05) is 60.1 Å². The Kier molecular flexibility index (Phi) is 15.8. The van der Waals surface area contributed by atoms with Crippen molar-refractivity contribution in [2.45, 2.75) is 232 Å². The van der Waals surface area contributed by atoms with Gasteiger partial charge >= 0.3 is 23.9 Å². The molecule has 0 spiro atoms. The van der Waals surface area contributed by atoms with Crippen LogP contribution in [0, 0.1) is 50.2 Å². The highest BCUT2D eigenvalue weighted by molar-refractivity contribution is 5.73. The number of aliphatic hydroxyl groups excluding tert-OH is 7. The van der Waals surface area contributed by atoms with Gasteiger partial charge in [0.15, 0.2) is 43.3 Å².